The molecule has 0 aliphatic carbocycles. The summed E-state index contributed by atoms with van der Waals surface area (Å²) in [5.41, 5.74) is 1.46. The topological polar surface area (TPSA) is 104 Å². The first-order chi connectivity index (χ1) is 14.4. The number of carbonyl (C=O) groups is 2. The summed E-state index contributed by atoms with van der Waals surface area (Å²) in [5.74, 6) is -0.537. The molecule has 2 amide bonds. The summed E-state index contributed by atoms with van der Waals surface area (Å²) in [4.78, 5) is 24.1. The molecule has 0 aromatic heterocycles. The lowest BCUT2D eigenvalue weighted by molar-refractivity contribution is -0.116. The van der Waals surface area contributed by atoms with Crippen molar-refractivity contribution in [1.29, 1.82) is 0 Å². The fraction of sp³-hybridized carbons (Fsp3) is 0.0909. The molecule has 0 aliphatic rings. The zero-order valence-corrected chi connectivity index (χ0v) is 16.9. The van der Waals surface area contributed by atoms with Crippen molar-refractivity contribution in [3.63, 3.8) is 0 Å². The van der Waals surface area contributed by atoms with Crippen LogP contribution in [0.4, 0.5) is 11.4 Å². The highest BCUT2D eigenvalue weighted by molar-refractivity contribution is 7.92. The molecule has 3 N–H and O–H groups in total. The Bertz CT molecular complexity index is 1100. The summed E-state index contributed by atoms with van der Waals surface area (Å²) in [5, 5.41) is 5.36. The molecule has 0 saturated heterocycles. The Morgan fingerprint density at radius 1 is 0.733 bits per heavy atom. The number of nitrogens with one attached hydrogen (secondary N) is 3. The molecule has 0 saturated carbocycles. The second kappa shape index (κ2) is 9.71. The van der Waals surface area contributed by atoms with Crippen molar-refractivity contribution in [2.45, 2.75) is 11.3 Å². The average Bonchev–Trinajstić information content (AvgIpc) is 2.75. The number of amides is 2. The van der Waals surface area contributed by atoms with Crippen molar-refractivity contribution < 1.29 is 18.0 Å². The molecule has 7 nitrogen and oxygen atoms in total. The lowest BCUT2D eigenvalue weighted by Crippen LogP contribution is -2.27. The Morgan fingerprint density at radius 3 is 1.97 bits per heavy atom. The summed E-state index contributed by atoms with van der Waals surface area (Å²) in [7, 11) is -3.72. The Labute approximate surface area is 175 Å². The summed E-state index contributed by atoms with van der Waals surface area (Å²) in [6.07, 6.45) is 0.0915. The molecule has 0 atom stereocenters. The van der Waals surface area contributed by atoms with E-state index in [9.17, 15) is 18.0 Å². The van der Waals surface area contributed by atoms with Crippen LogP contribution in [0.25, 0.3) is 0 Å². The largest absolute Gasteiger partial charge is 0.352 e. The number of rotatable bonds is 8. The predicted octanol–water partition coefficient (Wildman–Crippen LogP) is 3.25. The molecule has 154 valence electrons. The zero-order chi connectivity index (χ0) is 21.4. The highest BCUT2D eigenvalue weighted by atomic mass is 32.2. The minimum Gasteiger partial charge on any atom is -0.352 e. The highest BCUT2D eigenvalue weighted by Crippen LogP contribution is 2.18. The molecule has 0 unspecified atom stereocenters. The summed E-state index contributed by atoms with van der Waals surface area (Å²) in [6.45, 7) is 0.188. The van der Waals surface area contributed by atoms with E-state index in [-0.39, 0.29) is 29.7 Å². The Hall–Kier alpha value is -3.65. The molecule has 30 heavy (non-hydrogen) atoms. The average molecular weight is 423 g/mol. The van der Waals surface area contributed by atoms with Gasteiger partial charge in [-0.15, -0.1) is 0 Å². The lowest BCUT2D eigenvalue weighted by Gasteiger charge is -2.10. The van der Waals surface area contributed by atoms with Gasteiger partial charge in [-0.05, 0) is 48.5 Å². The van der Waals surface area contributed by atoms with Crippen molar-refractivity contribution in [2.24, 2.45) is 0 Å². The predicted molar refractivity (Wildman–Crippen MR) is 116 cm³/mol. The van der Waals surface area contributed by atoms with Gasteiger partial charge in [-0.1, -0.05) is 36.4 Å². The fourth-order valence-electron chi connectivity index (χ4n) is 2.64. The fourth-order valence-corrected chi connectivity index (χ4v) is 3.70. The van der Waals surface area contributed by atoms with Crippen molar-refractivity contribution >= 4 is 33.2 Å². The van der Waals surface area contributed by atoms with Crippen LogP contribution in [0.3, 0.4) is 0 Å². The van der Waals surface area contributed by atoms with Crippen LogP contribution in [0, 0.1) is 0 Å². The molecular weight excluding hydrogens is 402 g/mol. The van der Waals surface area contributed by atoms with E-state index >= 15 is 0 Å². The molecule has 0 spiro atoms. The summed E-state index contributed by atoms with van der Waals surface area (Å²) in [6, 6.07) is 23.2. The van der Waals surface area contributed by atoms with Crippen LogP contribution in [-0.2, 0) is 14.8 Å². The van der Waals surface area contributed by atoms with Gasteiger partial charge in [-0.2, -0.15) is 0 Å². The van der Waals surface area contributed by atoms with Gasteiger partial charge in [0.05, 0.1) is 4.90 Å². The Morgan fingerprint density at radius 2 is 1.33 bits per heavy atom. The third kappa shape index (κ3) is 5.92. The molecule has 3 aromatic carbocycles. The van der Waals surface area contributed by atoms with Gasteiger partial charge < -0.3 is 10.6 Å². The van der Waals surface area contributed by atoms with Gasteiger partial charge >= 0.3 is 0 Å². The van der Waals surface area contributed by atoms with Crippen LogP contribution in [0.15, 0.2) is 89.8 Å². The number of anilines is 2. The third-order valence-corrected chi connectivity index (χ3v) is 5.55. The standard InChI is InChI=1S/C22H21N3O4S/c26-21(15-16-23-22(27)17-7-3-1-4-8-17)24-18-11-13-20(14-12-18)30(28,29)25-19-9-5-2-6-10-19/h1-14,25H,15-16H2,(H,23,27)(H,24,26). The SMILES string of the molecule is O=C(CCNC(=O)c1ccccc1)Nc1ccc(S(=O)(=O)Nc2ccccc2)cc1. The van der Waals surface area contributed by atoms with E-state index in [2.05, 4.69) is 15.4 Å². The van der Waals surface area contributed by atoms with Gasteiger partial charge in [0.25, 0.3) is 15.9 Å². The van der Waals surface area contributed by atoms with E-state index in [1.807, 2.05) is 6.07 Å². The maximum absolute atomic E-state index is 12.4. The van der Waals surface area contributed by atoms with Crippen LogP contribution in [-0.4, -0.2) is 26.8 Å². The third-order valence-electron chi connectivity index (χ3n) is 4.15. The normalized spacial score (nSPS) is 10.8. The van der Waals surface area contributed by atoms with E-state index in [0.29, 0.717) is 16.9 Å². The van der Waals surface area contributed by atoms with E-state index in [1.165, 1.54) is 24.3 Å². The van der Waals surface area contributed by atoms with E-state index in [1.54, 1.807) is 54.6 Å². The van der Waals surface area contributed by atoms with Crippen molar-refractivity contribution in [1.82, 2.24) is 5.32 Å². The first-order valence-electron chi connectivity index (χ1n) is 9.25. The first-order valence-corrected chi connectivity index (χ1v) is 10.7. The molecule has 0 fully saturated rings. The van der Waals surface area contributed by atoms with Crippen LogP contribution >= 0.6 is 0 Å². The number of hydrogen-bond donors (Lipinski definition) is 3. The monoisotopic (exact) mass is 423 g/mol. The lowest BCUT2D eigenvalue weighted by atomic mass is 10.2. The van der Waals surface area contributed by atoms with Gasteiger partial charge in [0, 0.05) is 29.9 Å². The van der Waals surface area contributed by atoms with Crippen molar-refractivity contribution in [3.05, 3.63) is 90.5 Å². The Kier molecular flexibility index (Phi) is 6.82. The minimum absolute atomic E-state index is 0.0828. The summed E-state index contributed by atoms with van der Waals surface area (Å²) < 4.78 is 27.3. The van der Waals surface area contributed by atoms with E-state index in [4.69, 9.17) is 0 Å². The second-order valence-electron chi connectivity index (χ2n) is 6.42. The first kappa shape index (κ1) is 21.1. The quantitative estimate of drug-likeness (QED) is 0.517. The molecular formula is C22H21N3O4S. The number of carbonyl (C=O) groups excluding carboxylic acids is 2. The van der Waals surface area contributed by atoms with Crippen molar-refractivity contribution in [2.75, 3.05) is 16.6 Å². The van der Waals surface area contributed by atoms with Crippen LogP contribution in [0.5, 0.6) is 0 Å². The smallest absolute Gasteiger partial charge is 0.261 e. The van der Waals surface area contributed by atoms with Gasteiger partial charge in [0.1, 0.15) is 0 Å². The number of para-hydroxylation sites is 1. The van der Waals surface area contributed by atoms with Crippen LogP contribution in [0.1, 0.15) is 16.8 Å². The van der Waals surface area contributed by atoms with Crippen LogP contribution < -0.4 is 15.4 Å². The van der Waals surface area contributed by atoms with E-state index < -0.39 is 10.0 Å². The molecule has 0 heterocycles. The van der Waals surface area contributed by atoms with Gasteiger partial charge in [0.2, 0.25) is 5.91 Å². The molecule has 0 bridgehead atoms. The van der Waals surface area contributed by atoms with E-state index in [0.717, 1.165) is 0 Å². The van der Waals surface area contributed by atoms with Crippen molar-refractivity contribution in [3.8, 4) is 0 Å². The van der Waals surface area contributed by atoms with Gasteiger partial charge in [-0.3, -0.25) is 14.3 Å². The molecule has 3 aromatic rings. The Balaban J connectivity index is 1.50. The van der Waals surface area contributed by atoms with Gasteiger partial charge in [0.15, 0.2) is 0 Å². The molecule has 0 aliphatic heterocycles. The second-order valence-corrected chi connectivity index (χ2v) is 8.10. The molecule has 3 rings (SSSR count). The maximum atomic E-state index is 12.4. The molecule has 8 heteroatoms. The number of hydrogen-bond acceptors (Lipinski definition) is 4. The number of sulfonamides is 1. The van der Waals surface area contributed by atoms with Gasteiger partial charge in [-0.25, -0.2) is 8.42 Å². The zero-order valence-electron chi connectivity index (χ0n) is 16.0. The molecule has 0 radical (unpaired) electrons. The maximum Gasteiger partial charge on any atom is 0.261 e. The number of benzene rings is 3. The minimum atomic E-state index is -3.72. The van der Waals surface area contributed by atoms with Crippen LogP contribution in [0.2, 0.25) is 0 Å². The highest BCUT2D eigenvalue weighted by Gasteiger charge is 2.14. The summed E-state index contributed by atoms with van der Waals surface area (Å²) >= 11 is 0.